The van der Waals surface area contributed by atoms with Gasteiger partial charge < -0.3 is 16.0 Å². The third-order valence-corrected chi connectivity index (χ3v) is 3.87. The summed E-state index contributed by atoms with van der Waals surface area (Å²) in [5.41, 5.74) is 6.96. The standard InChI is InChI=1S/C17H18N4O2/c18-16(22)12-4-3-5-13(10-12)17(23)20-15-7-6-14(11-19-15)21-8-1-2-9-21/h3-7,10-11H,1-2,8-9H2,(H2,18,22)(H,19,20,23). The van der Waals surface area contributed by atoms with Crippen molar-refractivity contribution in [1.29, 1.82) is 0 Å². The summed E-state index contributed by atoms with van der Waals surface area (Å²) in [6.45, 7) is 2.10. The molecule has 0 saturated carbocycles. The van der Waals surface area contributed by atoms with Gasteiger partial charge in [-0.2, -0.15) is 0 Å². The van der Waals surface area contributed by atoms with Gasteiger partial charge in [-0.15, -0.1) is 0 Å². The van der Waals surface area contributed by atoms with Crippen molar-refractivity contribution < 1.29 is 9.59 Å². The summed E-state index contributed by atoms with van der Waals surface area (Å²) in [6, 6.07) is 10.0. The number of nitrogens with zero attached hydrogens (tertiary/aromatic N) is 2. The van der Waals surface area contributed by atoms with Crippen molar-refractivity contribution in [3.05, 3.63) is 53.7 Å². The number of carbonyl (C=O) groups excluding carboxylic acids is 2. The van der Waals surface area contributed by atoms with Gasteiger partial charge in [-0.3, -0.25) is 9.59 Å². The fourth-order valence-electron chi connectivity index (χ4n) is 2.62. The molecule has 1 aliphatic rings. The Balaban J connectivity index is 1.70. The van der Waals surface area contributed by atoms with E-state index in [9.17, 15) is 9.59 Å². The third-order valence-electron chi connectivity index (χ3n) is 3.87. The zero-order valence-corrected chi connectivity index (χ0v) is 12.7. The maximum atomic E-state index is 12.2. The van der Waals surface area contributed by atoms with Crippen LogP contribution >= 0.6 is 0 Å². The molecule has 2 amide bonds. The lowest BCUT2D eigenvalue weighted by Gasteiger charge is -2.17. The van der Waals surface area contributed by atoms with Gasteiger partial charge in [0, 0.05) is 24.2 Å². The topological polar surface area (TPSA) is 88.3 Å². The van der Waals surface area contributed by atoms with E-state index in [0.717, 1.165) is 18.8 Å². The number of hydrogen-bond acceptors (Lipinski definition) is 4. The molecule has 3 N–H and O–H groups in total. The first kappa shape index (κ1) is 15.0. The first-order valence-electron chi connectivity index (χ1n) is 7.56. The molecule has 0 bridgehead atoms. The van der Waals surface area contributed by atoms with Crippen molar-refractivity contribution in [3.8, 4) is 0 Å². The van der Waals surface area contributed by atoms with Crippen molar-refractivity contribution in [2.45, 2.75) is 12.8 Å². The molecule has 0 atom stereocenters. The number of amides is 2. The lowest BCUT2D eigenvalue weighted by atomic mass is 10.1. The van der Waals surface area contributed by atoms with Crippen LogP contribution in [0.5, 0.6) is 0 Å². The molecule has 0 aliphatic carbocycles. The van der Waals surface area contributed by atoms with Crippen LogP contribution in [0.25, 0.3) is 0 Å². The maximum Gasteiger partial charge on any atom is 0.256 e. The smallest absolute Gasteiger partial charge is 0.256 e. The number of nitrogens with one attached hydrogen (secondary N) is 1. The Morgan fingerprint density at radius 3 is 2.48 bits per heavy atom. The van der Waals surface area contributed by atoms with Crippen LogP contribution in [0.1, 0.15) is 33.6 Å². The summed E-state index contributed by atoms with van der Waals surface area (Å²) in [7, 11) is 0. The second-order valence-corrected chi connectivity index (χ2v) is 5.49. The van der Waals surface area contributed by atoms with Crippen LogP contribution in [0.15, 0.2) is 42.6 Å². The van der Waals surface area contributed by atoms with E-state index in [1.54, 1.807) is 30.5 Å². The minimum Gasteiger partial charge on any atom is -0.370 e. The summed E-state index contributed by atoms with van der Waals surface area (Å²) >= 11 is 0. The summed E-state index contributed by atoms with van der Waals surface area (Å²) in [6.07, 6.45) is 4.17. The van der Waals surface area contributed by atoms with Crippen molar-refractivity contribution in [2.75, 3.05) is 23.3 Å². The van der Waals surface area contributed by atoms with Gasteiger partial charge in [-0.05, 0) is 43.2 Å². The van der Waals surface area contributed by atoms with Gasteiger partial charge in [0.15, 0.2) is 0 Å². The number of rotatable bonds is 4. The van der Waals surface area contributed by atoms with Gasteiger partial charge in [-0.25, -0.2) is 4.98 Å². The molecule has 0 spiro atoms. The highest BCUT2D eigenvalue weighted by Crippen LogP contribution is 2.20. The third kappa shape index (κ3) is 3.48. The van der Waals surface area contributed by atoms with E-state index in [4.69, 9.17) is 5.73 Å². The quantitative estimate of drug-likeness (QED) is 0.904. The van der Waals surface area contributed by atoms with Crippen LogP contribution in [0.3, 0.4) is 0 Å². The van der Waals surface area contributed by atoms with Crippen LogP contribution < -0.4 is 16.0 Å². The second-order valence-electron chi connectivity index (χ2n) is 5.49. The lowest BCUT2D eigenvalue weighted by molar-refractivity contribution is 0.1000. The molecule has 6 heteroatoms. The van der Waals surface area contributed by atoms with Gasteiger partial charge in [-0.1, -0.05) is 6.07 Å². The molecule has 2 aromatic rings. The monoisotopic (exact) mass is 310 g/mol. The molecule has 1 aromatic heterocycles. The predicted molar refractivity (Wildman–Crippen MR) is 88.6 cm³/mol. The van der Waals surface area contributed by atoms with E-state index in [1.807, 2.05) is 6.07 Å². The number of pyridine rings is 1. The summed E-state index contributed by atoms with van der Waals surface area (Å²) in [4.78, 5) is 29.9. The molecular weight excluding hydrogens is 292 g/mol. The van der Waals surface area contributed by atoms with Crippen LogP contribution in [0.2, 0.25) is 0 Å². The average Bonchev–Trinajstić information content (AvgIpc) is 3.10. The molecule has 6 nitrogen and oxygen atoms in total. The number of benzene rings is 1. The number of primary amides is 1. The summed E-state index contributed by atoms with van der Waals surface area (Å²) in [5, 5.41) is 2.72. The first-order chi connectivity index (χ1) is 11.1. The van der Waals surface area contributed by atoms with E-state index in [0.29, 0.717) is 16.9 Å². The van der Waals surface area contributed by atoms with E-state index in [1.165, 1.54) is 18.9 Å². The first-order valence-corrected chi connectivity index (χ1v) is 7.56. The van der Waals surface area contributed by atoms with Crippen molar-refractivity contribution >= 4 is 23.3 Å². The highest BCUT2D eigenvalue weighted by molar-refractivity contribution is 6.05. The van der Waals surface area contributed by atoms with Crippen molar-refractivity contribution in [2.24, 2.45) is 5.73 Å². The molecular formula is C17H18N4O2. The van der Waals surface area contributed by atoms with Gasteiger partial charge in [0.25, 0.3) is 5.91 Å². The Hall–Kier alpha value is -2.89. The molecule has 118 valence electrons. The zero-order chi connectivity index (χ0) is 16.2. The number of nitrogens with two attached hydrogens (primary N) is 1. The molecule has 1 saturated heterocycles. The Morgan fingerprint density at radius 1 is 1.09 bits per heavy atom. The highest BCUT2D eigenvalue weighted by Gasteiger charge is 2.13. The van der Waals surface area contributed by atoms with E-state index >= 15 is 0 Å². The van der Waals surface area contributed by atoms with E-state index in [2.05, 4.69) is 15.2 Å². The minimum atomic E-state index is -0.562. The fourth-order valence-corrected chi connectivity index (χ4v) is 2.62. The molecule has 23 heavy (non-hydrogen) atoms. The Morgan fingerprint density at radius 2 is 1.83 bits per heavy atom. The highest BCUT2D eigenvalue weighted by atomic mass is 16.2. The molecule has 1 aromatic carbocycles. The van der Waals surface area contributed by atoms with Crippen LogP contribution in [-0.2, 0) is 0 Å². The Kier molecular flexibility index (Phi) is 4.23. The molecule has 0 radical (unpaired) electrons. The summed E-state index contributed by atoms with van der Waals surface area (Å²) < 4.78 is 0. The normalized spacial score (nSPS) is 13.8. The van der Waals surface area contributed by atoms with Gasteiger partial charge in [0.2, 0.25) is 5.91 Å². The predicted octanol–water partition coefficient (Wildman–Crippen LogP) is 2.03. The van der Waals surface area contributed by atoms with Crippen molar-refractivity contribution in [1.82, 2.24) is 4.98 Å². The lowest BCUT2D eigenvalue weighted by Crippen LogP contribution is -2.18. The largest absolute Gasteiger partial charge is 0.370 e. The minimum absolute atomic E-state index is 0.301. The van der Waals surface area contributed by atoms with Crippen LogP contribution in [0.4, 0.5) is 11.5 Å². The molecule has 1 fully saturated rings. The molecule has 0 unspecified atom stereocenters. The number of aromatic nitrogens is 1. The zero-order valence-electron chi connectivity index (χ0n) is 12.7. The van der Waals surface area contributed by atoms with Crippen LogP contribution in [-0.4, -0.2) is 29.9 Å². The second kappa shape index (κ2) is 6.48. The fraction of sp³-hybridized carbons (Fsp3) is 0.235. The maximum absolute atomic E-state index is 12.2. The van der Waals surface area contributed by atoms with Gasteiger partial charge >= 0.3 is 0 Å². The average molecular weight is 310 g/mol. The molecule has 1 aliphatic heterocycles. The number of hydrogen-bond donors (Lipinski definition) is 2. The molecule has 2 heterocycles. The van der Waals surface area contributed by atoms with Crippen molar-refractivity contribution in [3.63, 3.8) is 0 Å². The van der Waals surface area contributed by atoms with E-state index in [-0.39, 0.29) is 5.91 Å². The molecule has 3 rings (SSSR count). The van der Waals surface area contributed by atoms with Gasteiger partial charge in [0.05, 0.1) is 11.9 Å². The Labute approximate surface area is 134 Å². The van der Waals surface area contributed by atoms with Gasteiger partial charge in [0.1, 0.15) is 5.82 Å². The Bertz CT molecular complexity index is 722. The number of carbonyl (C=O) groups is 2. The van der Waals surface area contributed by atoms with E-state index < -0.39 is 5.91 Å². The SMILES string of the molecule is NC(=O)c1cccc(C(=O)Nc2ccc(N3CCCC3)cn2)c1. The summed E-state index contributed by atoms with van der Waals surface area (Å²) in [5.74, 6) is -0.412. The number of anilines is 2. The van der Waals surface area contributed by atoms with Crippen LogP contribution in [0, 0.1) is 0 Å².